The van der Waals surface area contributed by atoms with Crippen molar-refractivity contribution in [2.75, 3.05) is 24.7 Å². The first-order chi connectivity index (χ1) is 10.2. The molecule has 2 aliphatic rings. The van der Waals surface area contributed by atoms with E-state index in [4.69, 9.17) is 15.2 Å². The van der Waals surface area contributed by atoms with Gasteiger partial charge in [-0.05, 0) is 19.4 Å². The summed E-state index contributed by atoms with van der Waals surface area (Å²) in [5, 5.41) is 0. The maximum Gasteiger partial charge on any atom is 0.343 e. The number of carbonyl (C=O) groups excluding carboxylic acids is 1. The van der Waals surface area contributed by atoms with Gasteiger partial charge in [-0.15, -0.1) is 0 Å². The Kier molecular flexibility index (Phi) is 3.74. The first-order valence-electron chi connectivity index (χ1n) is 7.03. The lowest BCUT2D eigenvalue weighted by Crippen LogP contribution is -2.64. The number of hydrogen-bond acceptors (Lipinski definition) is 7. The van der Waals surface area contributed by atoms with Crippen LogP contribution in [-0.4, -0.2) is 47.8 Å². The lowest BCUT2D eigenvalue weighted by Gasteiger charge is -2.53. The molecule has 0 amide bonds. The van der Waals surface area contributed by atoms with Crippen molar-refractivity contribution in [3.63, 3.8) is 0 Å². The first kappa shape index (κ1) is 13.8. The number of ether oxygens (including phenoxy) is 2. The van der Waals surface area contributed by atoms with Gasteiger partial charge in [-0.25, -0.2) is 14.8 Å². The van der Waals surface area contributed by atoms with E-state index in [-0.39, 0.29) is 12.2 Å². The van der Waals surface area contributed by atoms with E-state index < -0.39 is 5.97 Å². The SMILES string of the molecule is CCOC(=O)C(=CN)c1nccc(N2C3COCC2C3)n1. The Bertz CT molecular complexity index is 561. The van der Waals surface area contributed by atoms with Crippen LogP contribution in [0.3, 0.4) is 0 Å². The highest BCUT2D eigenvalue weighted by Gasteiger charge is 2.43. The van der Waals surface area contributed by atoms with Gasteiger partial charge in [-0.2, -0.15) is 0 Å². The van der Waals surface area contributed by atoms with Crippen LogP contribution in [0.25, 0.3) is 5.57 Å². The van der Waals surface area contributed by atoms with Crippen LogP contribution in [0, 0.1) is 0 Å². The molecule has 2 saturated heterocycles. The van der Waals surface area contributed by atoms with Gasteiger partial charge in [-0.3, -0.25) is 0 Å². The highest BCUT2D eigenvalue weighted by molar-refractivity contribution is 6.15. The van der Waals surface area contributed by atoms with Crippen molar-refractivity contribution in [1.29, 1.82) is 0 Å². The fourth-order valence-corrected chi connectivity index (χ4v) is 2.78. The zero-order valence-corrected chi connectivity index (χ0v) is 11.9. The van der Waals surface area contributed by atoms with E-state index in [1.54, 1.807) is 13.1 Å². The molecule has 0 aliphatic carbocycles. The minimum Gasteiger partial charge on any atom is -0.462 e. The van der Waals surface area contributed by atoms with Crippen LogP contribution in [0.1, 0.15) is 19.2 Å². The van der Waals surface area contributed by atoms with E-state index in [9.17, 15) is 4.79 Å². The number of nitrogens with zero attached hydrogens (tertiary/aromatic N) is 3. The van der Waals surface area contributed by atoms with Crippen LogP contribution in [0.15, 0.2) is 18.5 Å². The summed E-state index contributed by atoms with van der Waals surface area (Å²) in [5.74, 6) is 0.580. The lowest BCUT2D eigenvalue weighted by atomic mass is 9.91. The predicted molar refractivity (Wildman–Crippen MR) is 76.3 cm³/mol. The predicted octanol–water partition coefficient (Wildman–Crippen LogP) is 0.317. The zero-order chi connectivity index (χ0) is 14.8. The molecular formula is C14H18N4O3. The number of fused-ring (bicyclic) bond motifs is 2. The molecule has 0 spiro atoms. The summed E-state index contributed by atoms with van der Waals surface area (Å²) in [5.41, 5.74) is 5.71. The van der Waals surface area contributed by atoms with Gasteiger partial charge < -0.3 is 20.1 Å². The summed E-state index contributed by atoms with van der Waals surface area (Å²) in [6.07, 6.45) is 3.95. The second kappa shape index (κ2) is 5.69. The molecule has 2 aliphatic heterocycles. The number of rotatable bonds is 4. The van der Waals surface area contributed by atoms with Crippen LogP contribution in [0.2, 0.25) is 0 Å². The van der Waals surface area contributed by atoms with Gasteiger partial charge in [0.15, 0.2) is 5.82 Å². The third-order valence-corrected chi connectivity index (χ3v) is 3.76. The van der Waals surface area contributed by atoms with Crippen LogP contribution in [-0.2, 0) is 14.3 Å². The van der Waals surface area contributed by atoms with Gasteiger partial charge in [0, 0.05) is 12.4 Å². The van der Waals surface area contributed by atoms with E-state index in [1.807, 2.05) is 6.07 Å². The van der Waals surface area contributed by atoms with Crippen LogP contribution in [0.4, 0.5) is 5.82 Å². The number of anilines is 1. The van der Waals surface area contributed by atoms with E-state index in [2.05, 4.69) is 14.9 Å². The van der Waals surface area contributed by atoms with Crippen LogP contribution >= 0.6 is 0 Å². The van der Waals surface area contributed by atoms with Crippen molar-refractivity contribution in [2.24, 2.45) is 5.73 Å². The maximum atomic E-state index is 11.9. The average Bonchev–Trinajstić information content (AvgIpc) is 2.49. The van der Waals surface area contributed by atoms with E-state index >= 15 is 0 Å². The van der Waals surface area contributed by atoms with Crippen molar-refractivity contribution in [3.05, 3.63) is 24.3 Å². The highest BCUT2D eigenvalue weighted by atomic mass is 16.5. The topological polar surface area (TPSA) is 90.6 Å². The molecule has 3 heterocycles. The van der Waals surface area contributed by atoms with E-state index in [1.165, 1.54) is 6.20 Å². The van der Waals surface area contributed by atoms with Crippen LogP contribution in [0.5, 0.6) is 0 Å². The molecule has 2 fully saturated rings. The Hall–Kier alpha value is -2.15. The number of hydrogen-bond donors (Lipinski definition) is 1. The molecule has 0 radical (unpaired) electrons. The van der Waals surface area contributed by atoms with E-state index in [0.29, 0.717) is 31.1 Å². The maximum absolute atomic E-state index is 11.9. The zero-order valence-electron chi connectivity index (χ0n) is 11.9. The third kappa shape index (κ3) is 2.44. The molecule has 1 aromatic heterocycles. The summed E-state index contributed by atoms with van der Waals surface area (Å²) >= 11 is 0. The fourth-order valence-electron chi connectivity index (χ4n) is 2.78. The molecule has 0 aromatic carbocycles. The average molecular weight is 290 g/mol. The van der Waals surface area contributed by atoms with E-state index in [0.717, 1.165) is 12.2 Å². The van der Waals surface area contributed by atoms with Gasteiger partial charge >= 0.3 is 5.97 Å². The van der Waals surface area contributed by atoms with Gasteiger partial charge in [0.05, 0.1) is 31.9 Å². The molecule has 2 bridgehead atoms. The summed E-state index contributed by atoms with van der Waals surface area (Å²) in [7, 11) is 0. The number of carbonyl (C=O) groups is 1. The fraction of sp³-hybridized carbons (Fsp3) is 0.500. The molecule has 1 aromatic rings. The normalized spacial score (nSPS) is 24.4. The van der Waals surface area contributed by atoms with Crippen molar-refractivity contribution in [3.8, 4) is 0 Å². The summed E-state index contributed by atoms with van der Waals surface area (Å²) < 4.78 is 10.4. The van der Waals surface area contributed by atoms with Gasteiger partial charge in [0.25, 0.3) is 0 Å². The Balaban J connectivity index is 1.84. The Morgan fingerprint density at radius 2 is 2.33 bits per heavy atom. The minimum absolute atomic E-state index is 0.181. The first-order valence-corrected chi connectivity index (χ1v) is 7.03. The van der Waals surface area contributed by atoms with Gasteiger partial charge in [-0.1, -0.05) is 0 Å². The summed E-state index contributed by atoms with van der Waals surface area (Å²) in [6, 6.07) is 2.56. The van der Waals surface area contributed by atoms with Crippen molar-refractivity contribution >= 4 is 17.4 Å². The Morgan fingerprint density at radius 3 is 2.95 bits per heavy atom. The summed E-state index contributed by atoms with van der Waals surface area (Å²) in [4.78, 5) is 22.7. The third-order valence-electron chi connectivity index (χ3n) is 3.76. The molecule has 3 rings (SSSR count). The van der Waals surface area contributed by atoms with Crippen LogP contribution < -0.4 is 10.6 Å². The Labute approximate surface area is 122 Å². The molecule has 2 atom stereocenters. The standard InChI is InChI=1S/C14H18N4O3/c1-2-21-14(19)11(6-15)13-16-4-3-12(17-13)18-9-5-10(18)8-20-7-9/h3-4,6,9-10H,2,5,7-8,15H2,1H3. The van der Waals surface area contributed by atoms with Crippen molar-refractivity contribution < 1.29 is 14.3 Å². The molecular weight excluding hydrogens is 272 g/mol. The van der Waals surface area contributed by atoms with Gasteiger partial charge in [0.2, 0.25) is 0 Å². The molecule has 2 N–H and O–H groups in total. The monoisotopic (exact) mass is 290 g/mol. The lowest BCUT2D eigenvalue weighted by molar-refractivity contribution is -0.136. The molecule has 2 unspecified atom stereocenters. The molecule has 0 saturated carbocycles. The molecule has 7 heteroatoms. The van der Waals surface area contributed by atoms with Crippen molar-refractivity contribution in [2.45, 2.75) is 25.4 Å². The molecule has 7 nitrogen and oxygen atoms in total. The second-order valence-electron chi connectivity index (χ2n) is 5.03. The molecule has 112 valence electrons. The van der Waals surface area contributed by atoms with Gasteiger partial charge in [0.1, 0.15) is 11.4 Å². The Morgan fingerprint density at radius 1 is 1.57 bits per heavy atom. The molecule has 21 heavy (non-hydrogen) atoms. The highest BCUT2D eigenvalue weighted by Crippen LogP contribution is 2.34. The number of aromatic nitrogens is 2. The smallest absolute Gasteiger partial charge is 0.343 e. The minimum atomic E-state index is -0.510. The number of esters is 1. The van der Waals surface area contributed by atoms with Crippen molar-refractivity contribution in [1.82, 2.24) is 9.97 Å². The largest absolute Gasteiger partial charge is 0.462 e. The number of morpholine rings is 1. The summed E-state index contributed by atoms with van der Waals surface area (Å²) in [6.45, 7) is 3.45. The quantitative estimate of drug-likeness (QED) is 0.630. The second-order valence-corrected chi connectivity index (χ2v) is 5.03. The number of nitrogens with two attached hydrogens (primary N) is 1.